The van der Waals surface area contributed by atoms with Crippen LogP contribution in [0.25, 0.3) is 0 Å². The maximum atomic E-state index is 12.4. The van der Waals surface area contributed by atoms with Gasteiger partial charge in [0.15, 0.2) is 0 Å². The predicted octanol–water partition coefficient (Wildman–Crippen LogP) is 3.76. The molecule has 1 aromatic heterocycles. The van der Waals surface area contributed by atoms with Crippen LogP contribution in [0, 0.1) is 10.1 Å². The first-order valence-corrected chi connectivity index (χ1v) is 8.73. The van der Waals surface area contributed by atoms with Crippen LogP contribution in [0.3, 0.4) is 0 Å². The zero-order valence-electron chi connectivity index (χ0n) is 13.9. The Morgan fingerprint density at radius 2 is 1.92 bits per heavy atom. The smallest absolute Gasteiger partial charge is 0.282 e. The summed E-state index contributed by atoms with van der Waals surface area (Å²) in [4.78, 5) is 27.0. The summed E-state index contributed by atoms with van der Waals surface area (Å²) in [6.07, 6.45) is 4.59. The molecule has 1 aliphatic carbocycles. The molecule has 1 heterocycles. The molecule has 0 radical (unpaired) electrons. The van der Waals surface area contributed by atoms with Crippen molar-refractivity contribution in [2.24, 2.45) is 0 Å². The molecule has 2 aromatic rings. The van der Waals surface area contributed by atoms with Crippen molar-refractivity contribution in [1.29, 1.82) is 0 Å². The Labute approximate surface area is 155 Å². The molecule has 0 saturated heterocycles. The number of nitrogens with zero attached hydrogens (tertiary/aromatic N) is 2. The average molecular weight is 376 g/mol. The second kappa shape index (κ2) is 8.14. The summed E-state index contributed by atoms with van der Waals surface area (Å²) in [5.41, 5.74) is -0.0999. The third kappa shape index (κ3) is 4.49. The summed E-state index contributed by atoms with van der Waals surface area (Å²) in [6, 6.07) is 9.38. The molecule has 8 heteroatoms. The zero-order valence-corrected chi connectivity index (χ0v) is 14.7. The Kier molecular flexibility index (Phi) is 5.68. The second-order valence-corrected chi connectivity index (χ2v) is 6.59. The fourth-order valence-electron chi connectivity index (χ4n) is 3.02. The van der Waals surface area contributed by atoms with Gasteiger partial charge in [0, 0.05) is 24.4 Å². The number of para-hydroxylation sites is 1. The van der Waals surface area contributed by atoms with Crippen LogP contribution in [0.4, 0.5) is 5.69 Å². The first-order valence-electron chi connectivity index (χ1n) is 8.35. The van der Waals surface area contributed by atoms with E-state index in [0.717, 1.165) is 25.7 Å². The molecule has 136 valence electrons. The number of halogens is 1. The maximum Gasteiger partial charge on any atom is 0.282 e. The largest absolute Gasteiger partial charge is 0.474 e. The summed E-state index contributed by atoms with van der Waals surface area (Å²) in [5.74, 6) is 0.114. The zero-order chi connectivity index (χ0) is 18.5. The molecule has 1 N–H and O–H groups in total. The fraction of sp³-hybridized carbons (Fsp3) is 0.333. The van der Waals surface area contributed by atoms with E-state index in [9.17, 15) is 14.9 Å². The van der Waals surface area contributed by atoms with Crippen molar-refractivity contribution in [2.75, 3.05) is 0 Å². The van der Waals surface area contributed by atoms with E-state index in [2.05, 4.69) is 10.3 Å². The highest BCUT2D eigenvalue weighted by Crippen LogP contribution is 2.24. The van der Waals surface area contributed by atoms with E-state index < -0.39 is 10.8 Å². The van der Waals surface area contributed by atoms with Crippen molar-refractivity contribution < 1.29 is 14.5 Å². The molecule has 0 bridgehead atoms. The minimum Gasteiger partial charge on any atom is -0.474 e. The number of aromatic nitrogens is 1. The van der Waals surface area contributed by atoms with E-state index in [-0.39, 0.29) is 23.4 Å². The van der Waals surface area contributed by atoms with Crippen molar-refractivity contribution in [2.45, 2.75) is 37.8 Å². The third-order valence-corrected chi connectivity index (χ3v) is 4.57. The van der Waals surface area contributed by atoms with Gasteiger partial charge in [0.05, 0.1) is 9.95 Å². The molecule has 0 unspecified atom stereocenters. The van der Waals surface area contributed by atoms with Crippen LogP contribution in [-0.4, -0.2) is 28.0 Å². The Morgan fingerprint density at radius 1 is 1.19 bits per heavy atom. The molecule has 1 saturated carbocycles. The standard InChI is InChI=1S/C18H18ClN3O4/c19-12-5-10-17(20-11-12)26-14-8-6-13(7-9-14)21-18(23)15-3-1-2-4-16(15)22(24)25/h1-5,10-11,13-14H,6-9H2,(H,21,23). The Morgan fingerprint density at radius 3 is 2.58 bits per heavy atom. The van der Waals surface area contributed by atoms with Crippen molar-refractivity contribution >= 4 is 23.2 Å². The molecule has 1 fully saturated rings. The Balaban J connectivity index is 1.53. The molecule has 26 heavy (non-hydrogen) atoms. The van der Waals surface area contributed by atoms with Gasteiger partial charge in [0.1, 0.15) is 11.7 Å². The molecule has 0 atom stereocenters. The molecular formula is C18H18ClN3O4. The number of amides is 1. The summed E-state index contributed by atoms with van der Waals surface area (Å²) in [6.45, 7) is 0. The number of hydrogen-bond donors (Lipinski definition) is 1. The minimum absolute atomic E-state index is 0.0275. The molecule has 1 amide bonds. The van der Waals surface area contributed by atoms with Gasteiger partial charge in [0.2, 0.25) is 5.88 Å². The first-order chi connectivity index (χ1) is 12.5. The van der Waals surface area contributed by atoms with Gasteiger partial charge in [-0.15, -0.1) is 0 Å². The number of nitrogens with one attached hydrogen (secondary N) is 1. The predicted molar refractivity (Wildman–Crippen MR) is 96.5 cm³/mol. The highest BCUT2D eigenvalue weighted by molar-refractivity contribution is 6.30. The van der Waals surface area contributed by atoms with E-state index in [1.165, 1.54) is 18.3 Å². The lowest BCUT2D eigenvalue weighted by molar-refractivity contribution is -0.385. The lowest BCUT2D eigenvalue weighted by atomic mass is 9.92. The molecular weight excluding hydrogens is 358 g/mol. The molecule has 1 aliphatic rings. The monoisotopic (exact) mass is 375 g/mol. The van der Waals surface area contributed by atoms with Gasteiger partial charge in [-0.1, -0.05) is 23.7 Å². The van der Waals surface area contributed by atoms with Crippen molar-refractivity contribution in [3.8, 4) is 5.88 Å². The van der Waals surface area contributed by atoms with Crippen molar-refractivity contribution in [1.82, 2.24) is 10.3 Å². The quantitative estimate of drug-likeness (QED) is 0.634. The van der Waals surface area contributed by atoms with Crippen LogP contribution in [-0.2, 0) is 0 Å². The topological polar surface area (TPSA) is 94.4 Å². The van der Waals surface area contributed by atoms with Crippen LogP contribution in [0.1, 0.15) is 36.0 Å². The molecule has 3 rings (SSSR count). The van der Waals surface area contributed by atoms with Crippen LogP contribution in [0.2, 0.25) is 5.02 Å². The first kappa shape index (κ1) is 18.1. The molecule has 7 nitrogen and oxygen atoms in total. The van der Waals surface area contributed by atoms with Crippen molar-refractivity contribution in [3.05, 3.63) is 63.3 Å². The maximum absolute atomic E-state index is 12.4. The highest BCUT2D eigenvalue weighted by Gasteiger charge is 2.26. The lowest BCUT2D eigenvalue weighted by Gasteiger charge is -2.29. The second-order valence-electron chi connectivity index (χ2n) is 6.15. The number of nitro benzene ring substituents is 1. The van der Waals surface area contributed by atoms with E-state index in [0.29, 0.717) is 10.9 Å². The highest BCUT2D eigenvalue weighted by atomic mass is 35.5. The van der Waals surface area contributed by atoms with Crippen molar-refractivity contribution in [3.63, 3.8) is 0 Å². The number of rotatable bonds is 5. The third-order valence-electron chi connectivity index (χ3n) is 4.34. The number of pyridine rings is 1. The fourth-order valence-corrected chi connectivity index (χ4v) is 3.13. The normalized spacial score (nSPS) is 19.6. The van der Waals surface area contributed by atoms with Crippen LogP contribution in [0.5, 0.6) is 5.88 Å². The number of benzene rings is 1. The van der Waals surface area contributed by atoms with Gasteiger partial charge in [-0.05, 0) is 37.8 Å². The summed E-state index contributed by atoms with van der Waals surface area (Å²) in [7, 11) is 0. The number of nitro groups is 1. The van der Waals surface area contributed by atoms with Crippen LogP contribution >= 0.6 is 11.6 Å². The van der Waals surface area contributed by atoms with Gasteiger partial charge >= 0.3 is 0 Å². The number of carbonyl (C=O) groups excluding carboxylic acids is 1. The average Bonchev–Trinajstić information content (AvgIpc) is 2.65. The number of hydrogen-bond acceptors (Lipinski definition) is 5. The summed E-state index contributed by atoms with van der Waals surface area (Å²) < 4.78 is 5.83. The van der Waals surface area contributed by atoms with Gasteiger partial charge in [0.25, 0.3) is 11.6 Å². The lowest BCUT2D eigenvalue weighted by Crippen LogP contribution is -2.39. The van der Waals surface area contributed by atoms with E-state index in [1.807, 2.05) is 0 Å². The molecule has 1 aromatic carbocycles. The molecule has 0 aliphatic heterocycles. The van der Waals surface area contributed by atoms with Gasteiger partial charge in [-0.25, -0.2) is 4.98 Å². The summed E-state index contributed by atoms with van der Waals surface area (Å²) in [5, 5.41) is 14.5. The number of carbonyl (C=O) groups is 1. The van der Waals surface area contributed by atoms with E-state index >= 15 is 0 Å². The van der Waals surface area contributed by atoms with E-state index in [1.54, 1.807) is 24.3 Å². The Bertz CT molecular complexity index is 789. The van der Waals surface area contributed by atoms with Gasteiger partial charge < -0.3 is 10.1 Å². The van der Waals surface area contributed by atoms with Gasteiger partial charge in [-0.3, -0.25) is 14.9 Å². The Hall–Kier alpha value is -2.67. The SMILES string of the molecule is O=C(NC1CCC(Oc2ccc(Cl)cn2)CC1)c1ccccc1[N+](=O)[O-]. The van der Waals surface area contributed by atoms with Crippen LogP contribution in [0.15, 0.2) is 42.6 Å². The minimum atomic E-state index is -0.543. The van der Waals surface area contributed by atoms with Crippen LogP contribution < -0.4 is 10.1 Å². The summed E-state index contributed by atoms with van der Waals surface area (Å²) >= 11 is 5.80. The molecule has 0 spiro atoms. The number of ether oxygens (including phenoxy) is 1. The van der Waals surface area contributed by atoms with E-state index in [4.69, 9.17) is 16.3 Å². The van der Waals surface area contributed by atoms with Gasteiger partial charge in [-0.2, -0.15) is 0 Å².